The second-order valence-corrected chi connectivity index (χ2v) is 6.46. The number of hydrogen-bond acceptors (Lipinski definition) is 5. The highest BCUT2D eigenvalue weighted by Gasteiger charge is 2.33. The molecule has 6 heteroatoms. The Labute approximate surface area is 149 Å². The summed E-state index contributed by atoms with van der Waals surface area (Å²) in [5, 5.41) is 0. The number of ether oxygens (including phenoxy) is 3. The number of benzene rings is 1. The van der Waals surface area contributed by atoms with E-state index in [9.17, 15) is 9.59 Å². The Morgan fingerprint density at radius 1 is 1.24 bits per heavy atom. The van der Waals surface area contributed by atoms with Gasteiger partial charge in [-0.25, -0.2) is 9.59 Å². The molecule has 0 aliphatic carbocycles. The van der Waals surface area contributed by atoms with Gasteiger partial charge < -0.3 is 14.2 Å². The van der Waals surface area contributed by atoms with Crippen molar-refractivity contribution < 1.29 is 23.8 Å². The van der Waals surface area contributed by atoms with Crippen molar-refractivity contribution in [3.63, 3.8) is 0 Å². The molecule has 0 fully saturated rings. The van der Waals surface area contributed by atoms with Crippen LogP contribution >= 0.6 is 0 Å². The quantitative estimate of drug-likeness (QED) is 0.533. The van der Waals surface area contributed by atoms with Gasteiger partial charge in [-0.3, -0.25) is 4.90 Å². The molecule has 0 aliphatic rings. The molecular formula is C19H27NO5. The topological polar surface area (TPSA) is 65.1 Å². The highest BCUT2D eigenvalue weighted by molar-refractivity contribution is 5.81. The van der Waals surface area contributed by atoms with Gasteiger partial charge >= 0.3 is 12.1 Å². The van der Waals surface area contributed by atoms with Crippen LogP contribution in [-0.2, 0) is 25.6 Å². The molecule has 138 valence electrons. The third kappa shape index (κ3) is 7.39. The molecule has 0 unspecified atom stereocenters. The van der Waals surface area contributed by atoms with Gasteiger partial charge in [-0.05, 0) is 26.3 Å². The lowest BCUT2D eigenvalue weighted by Gasteiger charge is -2.31. The lowest BCUT2D eigenvalue weighted by molar-refractivity contribution is -0.149. The minimum atomic E-state index is -0.915. The van der Waals surface area contributed by atoms with Crippen LogP contribution in [0.2, 0.25) is 0 Å². The van der Waals surface area contributed by atoms with E-state index in [4.69, 9.17) is 14.2 Å². The van der Waals surface area contributed by atoms with Crippen LogP contribution in [0.4, 0.5) is 4.79 Å². The van der Waals surface area contributed by atoms with Crippen LogP contribution in [0.15, 0.2) is 43.0 Å². The maximum atomic E-state index is 12.4. The van der Waals surface area contributed by atoms with Gasteiger partial charge in [-0.1, -0.05) is 36.4 Å². The van der Waals surface area contributed by atoms with Crippen molar-refractivity contribution in [3.8, 4) is 0 Å². The minimum Gasteiger partial charge on any atom is -0.467 e. The van der Waals surface area contributed by atoms with Crippen LogP contribution in [0, 0.1) is 0 Å². The Hall–Kier alpha value is -2.34. The average Bonchev–Trinajstić information content (AvgIpc) is 2.56. The van der Waals surface area contributed by atoms with E-state index in [-0.39, 0.29) is 13.2 Å². The summed E-state index contributed by atoms with van der Waals surface area (Å²) in [6, 6.07) is 8.64. The summed E-state index contributed by atoms with van der Waals surface area (Å²) < 4.78 is 15.8. The van der Waals surface area contributed by atoms with Crippen molar-refractivity contribution in [2.75, 3.05) is 20.3 Å². The van der Waals surface area contributed by atoms with Crippen LogP contribution in [0.5, 0.6) is 0 Å². The maximum absolute atomic E-state index is 12.4. The standard InChI is InChI=1S/C19H27NO5/c1-6-12-20(18(22)25-19(2,3)4)16(17(21)23-5)14-24-13-15-10-8-7-9-11-15/h6-11,16H,1,12-14H2,2-5H3/t16-/m0/s1. The van der Waals surface area contributed by atoms with E-state index < -0.39 is 23.7 Å². The minimum absolute atomic E-state index is 0.00531. The molecule has 0 aromatic heterocycles. The van der Waals surface area contributed by atoms with E-state index >= 15 is 0 Å². The fourth-order valence-corrected chi connectivity index (χ4v) is 2.07. The molecule has 0 saturated carbocycles. The maximum Gasteiger partial charge on any atom is 0.411 e. The Morgan fingerprint density at radius 3 is 2.40 bits per heavy atom. The fraction of sp³-hybridized carbons (Fsp3) is 0.474. The molecule has 1 atom stereocenters. The van der Waals surface area contributed by atoms with Gasteiger partial charge in [0.25, 0.3) is 0 Å². The summed E-state index contributed by atoms with van der Waals surface area (Å²) in [7, 11) is 1.27. The first-order valence-corrected chi connectivity index (χ1v) is 8.08. The number of carbonyl (C=O) groups excluding carboxylic acids is 2. The predicted octanol–water partition coefficient (Wildman–Crippen LogP) is 3.17. The molecule has 1 aromatic carbocycles. The summed E-state index contributed by atoms with van der Waals surface area (Å²) >= 11 is 0. The third-order valence-corrected chi connectivity index (χ3v) is 3.19. The van der Waals surface area contributed by atoms with Crippen LogP contribution in [0.3, 0.4) is 0 Å². The summed E-state index contributed by atoms with van der Waals surface area (Å²) in [5.74, 6) is -0.569. The number of esters is 1. The van der Waals surface area contributed by atoms with E-state index in [1.54, 1.807) is 20.8 Å². The summed E-state index contributed by atoms with van der Waals surface area (Å²) in [4.78, 5) is 25.9. The lowest BCUT2D eigenvalue weighted by atomic mass is 10.2. The highest BCUT2D eigenvalue weighted by Crippen LogP contribution is 2.14. The molecule has 1 amide bonds. The van der Waals surface area contributed by atoms with Crippen molar-refractivity contribution in [1.29, 1.82) is 0 Å². The average molecular weight is 349 g/mol. The van der Waals surface area contributed by atoms with E-state index in [1.165, 1.54) is 18.1 Å². The summed E-state index contributed by atoms with van der Waals surface area (Å²) in [5.41, 5.74) is 0.292. The SMILES string of the molecule is C=CCN(C(=O)OC(C)(C)C)[C@@H](COCc1ccccc1)C(=O)OC. The van der Waals surface area contributed by atoms with Gasteiger partial charge in [0.2, 0.25) is 0 Å². The van der Waals surface area contributed by atoms with Crippen LogP contribution < -0.4 is 0 Å². The largest absolute Gasteiger partial charge is 0.467 e. The number of rotatable bonds is 8. The second-order valence-electron chi connectivity index (χ2n) is 6.46. The Balaban J connectivity index is 2.82. The smallest absolute Gasteiger partial charge is 0.411 e. The van der Waals surface area contributed by atoms with Crippen molar-refractivity contribution in [3.05, 3.63) is 48.6 Å². The summed E-state index contributed by atoms with van der Waals surface area (Å²) in [6.07, 6.45) is 0.906. The number of carbonyl (C=O) groups is 2. The van der Waals surface area contributed by atoms with Gasteiger partial charge in [-0.2, -0.15) is 0 Å². The van der Waals surface area contributed by atoms with Gasteiger partial charge in [-0.15, -0.1) is 6.58 Å². The molecule has 0 N–H and O–H groups in total. The number of amides is 1. The zero-order valence-corrected chi connectivity index (χ0v) is 15.4. The molecule has 0 saturated heterocycles. The molecule has 0 bridgehead atoms. The molecule has 25 heavy (non-hydrogen) atoms. The van der Waals surface area contributed by atoms with Crippen molar-refractivity contribution in [1.82, 2.24) is 4.90 Å². The second kappa shape index (κ2) is 9.84. The van der Waals surface area contributed by atoms with Gasteiger partial charge in [0.1, 0.15) is 5.60 Å². The molecule has 0 aliphatic heterocycles. The fourth-order valence-electron chi connectivity index (χ4n) is 2.07. The molecule has 0 spiro atoms. The summed E-state index contributed by atoms with van der Waals surface area (Å²) in [6.45, 7) is 9.37. The Kier molecular flexibility index (Phi) is 8.15. The van der Waals surface area contributed by atoms with Gasteiger partial charge in [0.05, 0.1) is 20.3 Å². The van der Waals surface area contributed by atoms with E-state index in [0.29, 0.717) is 6.61 Å². The third-order valence-electron chi connectivity index (χ3n) is 3.19. The first-order valence-electron chi connectivity index (χ1n) is 8.08. The van der Waals surface area contributed by atoms with Crippen molar-refractivity contribution >= 4 is 12.1 Å². The first-order chi connectivity index (χ1) is 11.8. The normalized spacial score (nSPS) is 12.2. The van der Waals surface area contributed by atoms with E-state index in [0.717, 1.165) is 5.56 Å². The molecule has 6 nitrogen and oxygen atoms in total. The number of nitrogens with zero attached hydrogens (tertiary/aromatic N) is 1. The van der Waals surface area contributed by atoms with Gasteiger partial charge in [0, 0.05) is 6.54 Å². The lowest BCUT2D eigenvalue weighted by Crippen LogP contribution is -2.50. The van der Waals surface area contributed by atoms with Crippen LogP contribution in [-0.4, -0.2) is 48.9 Å². The molecule has 1 aromatic rings. The predicted molar refractivity (Wildman–Crippen MR) is 95.0 cm³/mol. The number of hydrogen-bond donors (Lipinski definition) is 0. The Bertz CT molecular complexity index is 565. The van der Waals surface area contributed by atoms with Gasteiger partial charge in [0.15, 0.2) is 6.04 Å². The zero-order chi connectivity index (χ0) is 18.9. The van der Waals surface area contributed by atoms with E-state index in [2.05, 4.69) is 6.58 Å². The van der Waals surface area contributed by atoms with Crippen molar-refractivity contribution in [2.24, 2.45) is 0 Å². The Morgan fingerprint density at radius 2 is 1.88 bits per heavy atom. The van der Waals surface area contributed by atoms with Crippen LogP contribution in [0.25, 0.3) is 0 Å². The molecule has 0 heterocycles. The highest BCUT2D eigenvalue weighted by atomic mass is 16.6. The van der Waals surface area contributed by atoms with E-state index in [1.807, 2.05) is 30.3 Å². The zero-order valence-electron chi connectivity index (χ0n) is 15.4. The van der Waals surface area contributed by atoms with Crippen molar-refractivity contribution in [2.45, 2.75) is 39.0 Å². The molecule has 0 radical (unpaired) electrons. The van der Waals surface area contributed by atoms with Crippen LogP contribution in [0.1, 0.15) is 26.3 Å². The number of methoxy groups -OCH3 is 1. The molecular weight excluding hydrogens is 322 g/mol. The molecule has 1 rings (SSSR count). The first kappa shape index (κ1) is 20.7. The monoisotopic (exact) mass is 349 g/mol.